The largest absolute Gasteiger partial charge is 0.452 e. The lowest BCUT2D eigenvalue weighted by Gasteiger charge is -2.19. The Bertz CT molecular complexity index is 1070. The van der Waals surface area contributed by atoms with E-state index in [1.165, 1.54) is 0 Å². The van der Waals surface area contributed by atoms with Crippen LogP contribution in [0.2, 0.25) is 0 Å². The molecular formula is C23H23N3O4. The zero-order chi connectivity index (χ0) is 21.5. The van der Waals surface area contributed by atoms with Gasteiger partial charge in [0.15, 0.2) is 6.61 Å². The molecule has 154 valence electrons. The molecule has 0 aliphatic heterocycles. The molecule has 0 aliphatic rings. The monoisotopic (exact) mass is 405 g/mol. The number of benzene rings is 2. The van der Waals surface area contributed by atoms with Crippen LogP contribution in [0.3, 0.4) is 0 Å². The fraction of sp³-hybridized carbons (Fsp3) is 0.217. The molecule has 0 saturated heterocycles. The highest BCUT2D eigenvalue weighted by molar-refractivity contribution is 6.04. The molecule has 1 N–H and O–H groups in total. The number of fused-ring (bicyclic) bond motifs is 1. The second-order valence-electron chi connectivity index (χ2n) is 6.56. The van der Waals surface area contributed by atoms with Gasteiger partial charge in [0, 0.05) is 35.9 Å². The summed E-state index contributed by atoms with van der Waals surface area (Å²) in [7, 11) is 0. The quantitative estimate of drug-likeness (QED) is 0.608. The first-order valence-corrected chi connectivity index (χ1v) is 9.73. The van der Waals surface area contributed by atoms with Crippen molar-refractivity contribution in [3.63, 3.8) is 0 Å². The van der Waals surface area contributed by atoms with Crippen LogP contribution in [0.1, 0.15) is 34.6 Å². The van der Waals surface area contributed by atoms with Crippen molar-refractivity contribution in [2.75, 3.05) is 25.0 Å². The average Bonchev–Trinajstić information content (AvgIpc) is 2.78. The Balaban J connectivity index is 1.63. The predicted molar refractivity (Wildman–Crippen MR) is 114 cm³/mol. The van der Waals surface area contributed by atoms with Crippen LogP contribution in [-0.2, 0) is 9.53 Å². The molecule has 0 radical (unpaired) electrons. The van der Waals surface area contributed by atoms with E-state index in [2.05, 4.69) is 10.3 Å². The summed E-state index contributed by atoms with van der Waals surface area (Å²) in [5.41, 5.74) is 1.76. The molecule has 0 unspecified atom stereocenters. The van der Waals surface area contributed by atoms with E-state index in [1.54, 1.807) is 53.6 Å². The third kappa shape index (κ3) is 4.81. The van der Waals surface area contributed by atoms with Gasteiger partial charge in [0.2, 0.25) is 0 Å². The van der Waals surface area contributed by atoms with Crippen LogP contribution in [0.4, 0.5) is 5.69 Å². The van der Waals surface area contributed by atoms with Gasteiger partial charge in [-0.15, -0.1) is 0 Å². The van der Waals surface area contributed by atoms with Gasteiger partial charge in [-0.25, -0.2) is 4.79 Å². The average molecular weight is 405 g/mol. The molecule has 2 aromatic carbocycles. The smallest absolute Gasteiger partial charge is 0.340 e. The van der Waals surface area contributed by atoms with Crippen molar-refractivity contribution >= 4 is 34.4 Å². The predicted octanol–water partition coefficient (Wildman–Crippen LogP) is 3.51. The summed E-state index contributed by atoms with van der Waals surface area (Å²) in [4.78, 5) is 43.0. The van der Waals surface area contributed by atoms with Gasteiger partial charge in [-0.1, -0.05) is 24.3 Å². The van der Waals surface area contributed by atoms with Crippen molar-refractivity contribution in [2.24, 2.45) is 0 Å². The lowest BCUT2D eigenvalue weighted by molar-refractivity contribution is -0.119. The summed E-state index contributed by atoms with van der Waals surface area (Å²) in [5.74, 6) is -1.23. The maximum Gasteiger partial charge on any atom is 0.340 e. The van der Waals surface area contributed by atoms with Crippen molar-refractivity contribution in [3.05, 3.63) is 71.9 Å². The number of hydrogen-bond acceptors (Lipinski definition) is 5. The Kier molecular flexibility index (Phi) is 6.75. The number of para-hydroxylation sites is 1. The number of anilines is 1. The minimum Gasteiger partial charge on any atom is -0.452 e. The number of esters is 1. The second-order valence-corrected chi connectivity index (χ2v) is 6.56. The summed E-state index contributed by atoms with van der Waals surface area (Å²) in [6, 6.07) is 15.5. The highest BCUT2D eigenvalue weighted by Gasteiger charge is 2.16. The summed E-state index contributed by atoms with van der Waals surface area (Å²) in [5, 5.41) is 3.46. The van der Waals surface area contributed by atoms with Gasteiger partial charge in [-0.05, 0) is 44.2 Å². The third-order valence-corrected chi connectivity index (χ3v) is 4.63. The van der Waals surface area contributed by atoms with Crippen molar-refractivity contribution < 1.29 is 19.1 Å². The summed E-state index contributed by atoms with van der Waals surface area (Å²) in [6.45, 7) is 4.58. The molecule has 1 heterocycles. The van der Waals surface area contributed by atoms with Crippen molar-refractivity contribution in [1.82, 2.24) is 9.88 Å². The summed E-state index contributed by atoms with van der Waals surface area (Å²) >= 11 is 0. The molecule has 7 nitrogen and oxygen atoms in total. The van der Waals surface area contributed by atoms with Crippen LogP contribution >= 0.6 is 0 Å². The van der Waals surface area contributed by atoms with E-state index in [-0.39, 0.29) is 5.91 Å². The molecule has 0 spiro atoms. The molecule has 0 aliphatic carbocycles. The van der Waals surface area contributed by atoms with Crippen LogP contribution in [0.5, 0.6) is 0 Å². The fourth-order valence-corrected chi connectivity index (χ4v) is 3.10. The highest BCUT2D eigenvalue weighted by Crippen LogP contribution is 2.17. The molecule has 7 heteroatoms. The second kappa shape index (κ2) is 9.65. The van der Waals surface area contributed by atoms with Crippen molar-refractivity contribution in [3.8, 4) is 0 Å². The SMILES string of the molecule is CCN(CC)C(=O)c1cccc(NC(=O)COC(=O)c2cccc3cccnc23)c1. The van der Waals surface area contributed by atoms with E-state index in [1.807, 2.05) is 26.0 Å². The first-order chi connectivity index (χ1) is 14.5. The van der Waals surface area contributed by atoms with Crippen LogP contribution < -0.4 is 5.32 Å². The van der Waals surface area contributed by atoms with Crippen LogP contribution in [-0.4, -0.2) is 47.4 Å². The Morgan fingerprint density at radius 1 is 1.00 bits per heavy atom. The number of ether oxygens (including phenoxy) is 1. The van der Waals surface area contributed by atoms with Gasteiger partial charge in [-0.2, -0.15) is 0 Å². The first-order valence-electron chi connectivity index (χ1n) is 9.73. The molecule has 0 bridgehead atoms. The van der Waals surface area contributed by atoms with E-state index in [0.29, 0.717) is 35.4 Å². The lowest BCUT2D eigenvalue weighted by Crippen LogP contribution is -2.30. The molecule has 3 aromatic rings. The Hall–Kier alpha value is -3.74. The van der Waals surface area contributed by atoms with Gasteiger partial charge in [-0.3, -0.25) is 14.6 Å². The molecule has 3 rings (SSSR count). The minimum absolute atomic E-state index is 0.106. The van der Waals surface area contributed by atoms with Crippen LogP contribution in [0, 0.1) is 0 Å². The number of pyridine rings is 1. The standard InChI is InChI=1S/C23H23N3O4/c1-3-26(4-2)22(28)17-9-5-11-18(14-17)25-20(27)15-30-23(29)19-12-6-8-16-10-7-13-24-21(16)19/h5-14H,3-4,15H2,1-2H3,(H,25,27). The van der Waals surface area contributed by atoms with Crippen molar-refractivity contribution in [1.29, 1.82) is 0 Å². The third-order valence-electron chi connectivity index (χ3n) is 4.63. The van der Waals surface area contributed by atoms with E-state index < -0.39 is 18.5 Å². The molecule has 2 amide bonds. The molecule has 30 heavy (non-hydrogen) atoms. The number of amides is 2. The van der Waals surface area contributed by atoms with Gasteiger partial charge < -0.3 is 15.0 Å². The number of nitrogens with one attached hydrogen (secondary N) is 1. The Morgan fingerprint density at radius 2 is 1.73 bits per heavy atom. The fourth-order valence-electron chi connectivity index (χ4n) is 3.10. The minimum atomic E-state index is -0.625. The van der Waals surface area contributed by atoms with Gasteiger partial charge in [0.05, 0.1) is 11.1 Å². The summed E-state index contributed by atoms with van der Waals surface area (Å²) in [6.07, 6.45) is 1.60. The molecule has 0 saturated carbocycles. The van der Waals surface area contributed by atoms with E-state index in [9.17, 15) is 14.4 Å². The number of hydrogen-bond donors (Lipinski definition) is 1. The van der Waals surface area contributed by atoms with Crippen molar-refractivity contribution in [2.45, 2.75) is 13.8 Å². The van der Waals surface area contributed by atoms with Gasteiger partial charge >= 0.3 is 5.97 Å². The van der Waals surface area contributed by atoms with Crippen LogP contribution in [0.25, 0.3) is 10.9 Å². The van der Waals surface area contributed by atoms with Gasteiger partial charge in [0.25, 0.3) is 11.8 Å². The Labute approximate surface area is 174 Å². The normalized spacial score (nSPS) is 10.5. The molecule has 0 fully saturated rings. The lowest BCUT2D eigenvalue weighted by atomic mass is 10.1. The number of carbonyl (C=O) groups is 3. The van der Waals surface area contributed by atoms with E-state index in [4.69, 9.17) is 4.74 Å². The molecule has 0 atom stereocenters. The summed E-state index contributed by atoms with van der Waals surface area (Å²) < 4.78 is 5.15. The van der Waals surface area contributed by atoms with E-state index in [0.717, 1.165) is 5.39 Å². The number of nitrogens with zero attached hydrogens (tertiary/aromatic N) is 2. The number of aromatic nitrogens is 1. The number of rotatable bonds is 7. The first kappa shape index (κ1) is 21.0. The zero-order valence-corrected chi connectivity index (χ0v) is 16.9. The van der Waals surface area contributed by atoms with Gasteiger partial charge in [0.1, 0.15) is 0 Å². The highest BCUT2D eigenvalue weighted by atomic mass is 16.5. The molecule has 1 aromatic heterocycles. The topological polar surface area (TPSA) is 88.6 Å². The zero-order valence-electron chi connectivity index (χ0n) is 16.9. The number of carbonyl (C=O) groups excluding carboxylic acids is 3. The Morgan fingerprint density at radius 3 is 2.50 bits per heavy atom. The molecular weight excluding hydrogens is 382 g/mol. The van der Waals surface area contributed by atoms with Crippen LogP contribution in [0.15, 0.2) is 60.8 Å². The maximum atomic E-state index is 12.5. The maximum absolute atomic E-state index is 12.5. The van der Waals surface area contributed by atoms with E-state index >= 15 is 0 Å².